The van der Waals surface area contributed by atoms with Crippen molar-refractivity contribution in [2.45, 2.75) is 69.9 Å². The molecule has 2 saturated heterocycles. The van der Waals surface area contributed by atoms with Gasteiger partial charge in [-0.1, -0.05) is 6.07 Å². The fourth-order valence-electron chi connectivity index (χ4n) is 6.30. The lowest BCUT2D eigenvalue weighted by molar-refractivity contribution is -0.254. The highest BCUT2D eigenvalue weighted by Crippen LogP contribution is 2.51. The first-order valence-electron chi connectivity index (χ1n) is 14.0. The van der Waals surface area contributed by atoms with Gasteiger partial charge in [0.05, 0.1) is 26.4 Å². The molecule has 0 saturated carbocycles. The number of carbonyl (C=O) groups excluding carboxylic acids is 1. The van der Waals surface area contributed by atoms with Crippen LogP contribution in [0.1, 0.15) is 36.7 Å². The van der Waals surface area contributed by atoms with Crippen LogP contribution in [-0.4, -0.2) is 79.5 Å². The average molecular weight is 615 g/mol. The largest absolute Gasteiger partial charge is 0.493 e. The van der Waals surface area contributed by atoms with Crippen molar-refractivity contribution in [3.05, 3.63) is 41.5 Å². The topological polar surface area (TPSA) is 141 Å². The molecule has 2 N–H and O–H groups in total. The van der Waals surface area contributed by atoms with Gasteiger partial charge in [-0.15, -0.1) is 0 Å². The van der Waals surface area contributed by atoms with Gasteiger partial charge in [0.15, 0.2) is 28.8 Å². The number of fused-ring (bicyclic) bond motifs is 4. The van der Waals surface area contributed by atoms with Gasteiger partial charge in [-0.05, 0) is 49.1 Å². The second-order valence-corrected chi connectivity index (χ2v) is 11.5. The summed E-state index contributed by atoms with van der Waals surface area (Å²) in [6, 6.07) is 5.85. The first-order valence-corrected chi connectivity index (χ1v) is 14.0. The molecule has 6 atom stereocenters. The van der Waals surface area contributed by atoms with E-state index in [1.807, 2.05) is 0 Å². The number of aliphatic hydroxyl groups excluding tert-OH is 2. The lowest BCUT2D eigenvalue weighted by Crippen LogP contribution is -2.58. The summed E-state index contributed by atoms with van der Waals surface area (Å²) in [5, 5.41) is 22.4. The minimum atomic E-state index is -2.34. The molecule has 0 aromatic heterocycles. The van der Waals surface area contributed by atoms with Crippen LogP contribution in [0.15, 0.2) is 30.3 Å². The molecule has 0 amide bonds. The maximum atomic E-state index is 14.5. The molecule has 0 spiro atoms. The first-order chi connectivity index (χ1) is 20.9. The Hall–Kier alpha value is -3.88. The molecular weight excluding hydrogens is 583 g/mol. The van der Waals surface area contributed by atoms with Crippen molar-refractivity contribution in [1.82, 2.24) is 0 Å². The Kier molecular flexibility index (Phi) is 6.61. The minimum Gasteiger partial charge on any atom is -0.493 e. The number of rotatable bonds is 6. The van der Waals surface area contributed by atoms with Gasteiger partial charge in [0.2, 0.25) is 6.29 Å². The Morgan fingerprint density at radius 1 is 0.955 bits per heavy atom. The SMILES string of the molecule is COc1cc2c(OC3OC(CO)C4OC(C)(C)OC4C3O)c3c(c(-c4ccc5c(c4)OC(C)(F)O5)c2cc1OC)C(=O)OC3. The number of aliphatic hydroxyl groups is 2. The first kappa shape index (κ1) is 28.9. The number of esters is 1. The Morgan fingerprint density at radius 3 is 2.34 bits per heavy atom. The molecule has 6 unspecified atom stereocenters. The number of hydrogen-bond acceptors (Lipinski definition) is 12. The van der Waals surface area contributed by atoms with Crippen molar-refractivity contribution >= 4 is 16.7 Å². The van der Waals surface area contributed by atoms with E-state index < -0.39 is 55.1 Å². The summed E-state index contributed by atoms with van der Waals surface area (Å²) in [6.45, 7) is 4.00. The van der Waals surface area contributed by atoms with Crippen molar-refractivity contribution in [2.75, 3.05) is 20.8 Å². The predicted octanol–water partition coefficient (Wildman–Crippen LogP) is 3.59. The Bertz CT molecular complexity index is 1670. The maximum Gasteiger partial charge on any atom is 0.404 e. The fraction of sp³-hybridized carbons (Fsp3) is 0.452. The van der Waals surface area contributed by atoms with Crippen molar-refractivity contribution in [1.29, 1.82) is 0 Å². The Balaban J connectivity index is 1.41. The van der Waals surface area contributed by atoms with Gasteiger partial charge in [-0.25, -0.2) is 4.79 Å². The van der Waals surface area contributed by atoms with E-state index in [1.165, 1.54) is 14.2 Å². The molecule has 4 aliphatic heterocycles. The highest BCUT2D eigenvalue weighted by Gasteiger charge is 2.55. The van der Waals surface area contributed by atoms with Gasteiger partial charge in [0.25, 0.3) is 0 Å². The Labute approximate surface area is 251 Å². The quantitative estimate of drug-likeness (QED) is 0.392. The summed E-state index contributed by atoms with van der Waals surface area (Å²) < 4.78 is 66.0. The summed E-state index contributed by atoms with van der Waals surface area (Å²) in [7, 11) is 2.96. The van der Waals surface area contributed by atoms with E-state index in [2.05, 4.69) is 0 Å². The van der Waals surface area contributed by atoms with Gasteiger partial charge >= 0.3 is 12.0 Å². The van der Waals surface area contributed by atoms with Crippen LogP contribution in [0.25, 0.3) is 21.9 Å². The summed E-state index contributed by atoms with van der Waals surface area (Å²) in [5.74, 6) is -0.336. The molecule has 7 rings (SSSR count). The predicted molar refractivity (Wildman–Crippen MR) is 149 cm³/mol. The molecule has 4 aliphatic rings. The lowest BCUT2D eigenvalue weighted by Gasteiger charge is -2.39. The van der Waals surface area contributed by atoms with Crippen LogP contribution in [0, 0.1) is 0 Å². The molecule has 234 valence electrons. The molecule has 2 fully saturated rings. The van der Waals surface area contributed by atoms with Gasteiger partial charge in [-0.3, -0.25) is 0 Å². The molecule has 44 heavy (non-hydrogen) atoms. The Morgan fingerprint density at radius 2 is 1.64 bits per heavy atom. The van der Waals surface area contributed by atoms with Crippen LogP contribution in [0.2, 0.25) is 0 Å². The zero-order valence-electron chi connectivity index (χ0n) is 24.5. The number of halogens is 1. The smallest absolute Gasteiger partial charge is 0.404 e. The average Bonchev–Trinajstić information content (AvgIpc) is 3.63. The second-order valence-electron chi connectivity index (χ2n) is 11.5. The van der Waals surface area contributed by atoms with Crippen molar-refractivity contribution < 1.29 is 62.0 Å². The zero-order chi connectivity index (χ0) is 31.1. The molecule has 3 aromatic carbocycles. The lowest BCUT2D eigenvalue weighted by atomic mass is 9.89. The van der Waals surface area contributed by atoms with Crippen LogP contribution >= 0.6 is 0 Å². The molecule has 0 aliphatic carbocycles. The number of methoxy groups -OCH3 is 2. The summed E-state index contributed by atoms with van der Waals surface area (Å²) in [5.41, 5.74) is 1.56. The number of hydrogen-bond donors (Lipinski definition) is 2. The number of alkyl halides is 1. The molecule has 0 radical (unpaired) electrons. The molecule has 3 aromatic rings. The van der Waals surface area contributed by atoms with E-state index in [1.54, 1.807) is 44.2 Å². The number of cyclic esters (lactones) is 1. The van der Waals surface area contributed by atoms with Crippen LogP contribution in [-0.2, 0) is 25.6 Å². The van der Waals surface area contributed by atoms with E-state index in [0.29, 0.717) is 39.0 Å². The zero-order valence-corrected chi connectivity index (χ0v) is 24.5. The monoisotopic (exact) mass is 614 g/mol. The van der Waals surface area contributed by atoms with E-state index in [0.717, 1.165) is 6.92 Å². The second kappa shape index (κ2) is 10.1. The highest BCUT2D eigenvalue weighted by molar-refractivity contribution is 6.14. The molecule has 13 heteroatoms. The summed E-state index contributed by atoms with van der Waals surface area (Å²) in [6.07, 6.45) is -5.10. The molecule has 4 heterocycles. The molecule has 0 bridgehead atoms. The van der Waals surface area contributed by atoms with Crippen molar-refractivity contribution in [2.24, 2.45) is 0 Å². The van der Waals surface area contributed by atoms with Gasteiger partial charge in [0.1, 0.15) is 36.8 Å². The van der Waals surface area contributed by atoms with E-state index in [4.69, 9.17) is 42.6 Å². The number of carbonyl (C=O) groups is 1. The third-order valence-corrected chi connectivity index (χ3v) is 8.10. The van der Waals surface area contributed by atoms with E-state index in [-0.39, 0.29) is 29.4 Å². The van der Waals surface area contributed by atoms with E-state index in [9.17, 15) is 19.4 Å². The molecular formula is C31H31FO12. The van der Waals surface area contributed by atoms with Gasteiger partial charge < -0.3 is 52.8 Å². The normalized spacial score (nSPS) is 29.7. The summed E-state index contributed by atoms with van der Waals surface area (Å²) >= 11 is 0. The highest BCUT2D eigenvalue weighted by atomic mass is 19.2. The van der Waals surface area contributed by atoms with Crippen molar-refractivity contribution in [3.8, 4) is 39.9 Å². The summed E-state index contributed by atoms with van der Waals surface area (Å²) in [4.78, 5) is 13.3. The fourth-order valence-corrected chi connectivity index (χ4v) is 6.30. The number of benzene rings is 3. The maximum absolute atomic E-state index is 14.5. The third kappa shape index (κ3) is 4.49. The van der Waals surface area contributed by atoms with Gasteiger partial charge in [0, 0.05) is 23.4 Å². The van der Waals surface area contributed by atoms with Crippen LogP contribution in [0.4, 0.5) is 4.39 Å². The number of ether oxygens (including phenoxy) is 9. The van der Waals surface area contributed by atoms with Gasteiger partial charge in [-0.2, -0.15) is 4.39 Å². The van der Waals surface area contributed by atoms with Crippen LogP contribution < -0.4 is 23.7 Å². The molecule has 12 nitrogen and oxygen atoms in total. The standard InChI is InChI=1S/C31H31FO12/c1-30(2)43-26-21(11-33)39-29(24(34)27(26)44-30)40-25-15-10-19(37-5)18(36-4)9-14(15)22(23-16(25)12-38-28(23)35)13-6-7-17-20(8-13)42-31(3,32)41-17/h6-10,21,24,26-27,29,33-34H,11-12H2,1-5H3. The third-order valence-electron chi connectivity index (χ3n) is 8.10. The van der Waals surface area contributed by atoms with Crippen LogP contribution in [0.5, 0.6) is 28.7 Å². The van der Waals surface area contributed by atoms with Crippen molar-refractivity contribution in [3.63, 3.8) is 0 Å². The minimum absolute atomic E-state index is 0.140. The van der Waals surface area contributed by atoms with Crippen LogP contribution in [0.3, 0.4) is 0 Å². The van der Waals surface area contributed by atoms with E-state index >= 15 is 0 Å².